The Balaban J connectivity index is 1.96. The van der Waals surface area contributed by atoms with E-state index in [2.05, 4.69) is 20.6 Å². The average molecular weight is 303 g/mol. The van der Waals surface area contributed by atoms with Crippen LogP contribution in [0.1, 0.15) is 13.3 Å². The Bertz CT molecular complexity index is 778. The van der Waals surface area contributed by atoms with E-state index in [1.165, 1.54) is 11.3 Å². The van der Waals surface area contributed by atoms with E-state index < -0.39 is 0 Å². The van der Waals surface area contributed by atoms with Gasteiger partial charge in [-0.1, -0.05) is 18.3 Å². The highest BCUT2D eigenvalue weighted by molar-refractivity contribution is 7.20. The van der Waals surface area contributed by atoms with Crippen molar-refractivity contribution in [1.29, 1.82) is 0 Å². The van der Waals surface area contributed by atoms with Gasteiger partial charge in [-0.25, -0.2) is 0 Å². The number of anilines is 1. The Morgan fingerprint density at radius 2 is 2.10 bits per heavy atom. The number of amides is 1. The molecule has 21 heavy (non-hydrogen) atoms. The molecule has 1 N–H and O–H groups in total. The third-order valence-corrected chi connectivity index (χ3v) is 3.72. The summed E-state index contributed by atoms with van der Waals surface area (Å²) < 4.78 is 6.75. The molecular formula is C13H13N5O2S. The van der Waals surface area contributed by atoms with Crippen molar-refractivity contribution >= 4 is 27.3 Å². The number of carbonyl (C=O) groups is 1. The topological polar surface area (TPSA) is 81.4 Å². The maximum atomic E-state index is 11.4. The summed E-state index contributed by atoms with van der Waals surface area (Å²) in [6.45, 7) is 1.79. The summed E-state index contributed by atoms with van der Waals surface area (Å²) in [7, 11) is 1.62. The smallest absolute Gasteiger partial charge is 0.236 e. The summed E-state index contributed by atoms with van der Waals surface area (Å²) in [4.78, 5) is 12.0. The second kappa shape index (κ2) is 5.49. The van der Waals surface area contributed by atoms with Gasteiger partial charge in [0.15, 0.2) is 5.82 Å². The number of benzene rings is 1. The molecule has 0 aliphatic carbocycles. The van der Waals surface area contributed by atoms with Crippen molar-refractivity contribution in [2.45, 2.75) is 13.3 Å². The molecule has 2 aromatic heterocycles. The van der Waals surface area contributed by atoms with Gasteiger partial charge in [-0.05, 0) is 24.3 Å². The highest BCUT2D eigenvalue weighted by Gasteiger charge is 2.14. The molecule has 0 fully saturated rings. The molecular weight excluding hydrogens is 290 g/mol. The summed E-state index contributed by atoms with van der Waals surface area (Å²) in [6.07, 6.45) is 0.408. The minimum atomic E-state index is -0.0778. The molecule has 3 rings (SSSR count). The van der Waals surface area contributed by atoms with Crippen LogP contribution in [0, 0.1) is 0 Å². The zero-order chi connectivity index (χ0) is 14.8. The average Bonchev–Trinajstić information content (AvgIpc) is 3.07. The molecule has 0 aliphatic rings. The summed E-state index contributed by atoms with van der Waals surface area (Å²) in [5.41, 5.74) is 0.877. The lowest BCUT2D eigenvalue weighted by Gasteiger charge is -2.00. The zero-order valence-electron chi connectivity index (χ0n) is 11.5. The van der Waals surface area contributed by atoms with Crippen molar-refractivity contribution in [3.8, 4) is 17.1 Å². The van der Waals surface area contributed by atoms with Gasteiger partial charge in [0, 0.05) is 12.0 Å². The number of ether oxygens (including phenoxy) is 1. The molecule has 0 spiro atoms. The molecule has 1 amide bonds. The first-order valence-corrected chi connectivity index (χ1v) is 7.19. The van der Waals surface area contributed by atoms with Gasteiger partial charge in [0.1, 0.15) is 5.75 Å². The van der Waals surface area contributed by atoms with Gasteiger partial charge < -0.3 is 10.1 Å². The van der Waals surface area contributed by atoms with E-state index in [1.807, 2.05) is 24.3 Å². The fraction of sp³-hybridized carbons (Fsp3) is 0.231. The first-order chi connectivity index (χ1) is 10.2. The first kappa shape index (κ1) is 13.5. The van der Waals surface area contributed by atoms with E-state index in [-0.39, 0.29) is 5.91 Å². The summed E-state index contributed by atoms with van der Waals surface area (Å²) in [5.74, 6) is 1.32. The molecule has 8 heteroatoms. The minimum absolute atomic E-state index is 0.0778. The number of rotatable bonds is 4. The van der Waals surface area contributed by atoms with E-state index in [1.54, 1.807) is 18.5 Å². The lowest BCUT2D eigenvalue weighted by Crippen LogP contribution is -2.09. The molecule has 0 bridgehead atoms. The van der Waals surface area contributed by atoms with Crippen molar-refractivity contribution in [3.05, 3.63) is 24.3 Å². The Kier molecular flexibility index (Phi) is 3.53. The van der Waals surface area contributed by atoms with Crippen molar-refractivity contribution < 1.29 is 9.53 Å². The third-order valence-electron chi connectivity index (χ3n) is 2.91. The molecule has 0 aliphatic heterocycles. The number of nitrogens with zero attached hydrogens (tertiary/aromatic N) is 4. The zero-order valence-corrected chi connectivity index (χ0v) is 12.3. The van der Waals surface area contributed by atoms with Crippen LogP contribution in [0.3, 0.4) is 0 Å². The Hall–Kier alpha value is -2.48. The number of hydrogen-bond donors (Lipinski definition) is 1. The minimum Gasteiger partial charge on any atom is -0.497 e. The molecule has 0 radical (unpaired) electrons. The van der Waals surface area contributed by atoms with Crippen LogP contribution in [0.15, 0.2) is 24.3 Å². The van der Waals surface area contributed by atoms with E-state index >= 15 is 0 Å². The molecule has 108 valence electrons. The normalized spacial score (nSPS) is 10.8. The van der Waals surface area contributed by atoms with Crippen molar-refractivity contribution in [3.63, 3.8) is 0 Å². The van der Waals surface area contributed by atoms with Gasteiger partial charge in [0.25, 0.3) is 0 Å². The van der Waals surface area contributed by atoms with Gasteiger partial charge in [-0.3, -0.25) is 4.79 Å². The van der Waals surface area contributed by atoms with Gasteiger partial charge in [0.2, 0.25) is 16.0 Å². The van der Waals surface area contributed by atoms with Crippen LogP contribution >= 0.6 is 11.3 Å². The van der Waals surface area contributed by atoms with Gasteiger partial charge >= 0.3 is 0 Å². The number of carbonyl (C=O) groups excluding carboxylic acids is 1. The molecule has 1 aromatic carbocycles. The molecule has 0 saturated heterocycles. The third kappa shape index (κ3) is 2.57. The van der Waals surface area contributed by atoms with Gasteiger partial charge in [-0.15, -0.1) is 15.3 Å². The van der Waals surface area contributed by atoms with E-state index in [0.29, 0.717) is 22.3 Å². The quantitative estimate of drug-likeness (QED) is 0.799. The maximum absolute atomic E-state index is 11.4. The second-order valence-electron chi connectivity index (χ2n) is 4.26. The molecule has 0 unspecified atom stereocenters. The predicted octanol–water partition coefficient (Wildman–Crippen LogP) is 2.21. The molecule has 2 heterocycles. The van der Waals surface area contributed by atoms with Gasteiger partial charge in [0.05, 0.1) is 7.11 Å². The van der Waals surface area contributed by atoms with Crippen molar-refractivity contribution in [1.82, 2.24) is 19.8 Å². The maximum Gasteiger partial charge on any atom is 0.236 e. The second-order valence-corrected chi connectivity index (χ2v) is 5.21. The van der Waals surface area contributed by atoms with Crippen LogP contribution in [0.5, 0.6) is 5.75 Å². The van der Waals surface area contributed by atoms with E-state index in [0.717, 1.165) is 11.3 Å². The first-order valence-electron chi connectivity index (χ1n) is 6.37. The van der Waals surface area contributed by atoms with E-state index in [4.69, 9.17) is 4.74 Å². The van der Waals surface area contributed by atoms with Crippen LogP contribution < -0.4 is 10.1 Å². The fourth-order valence-corrected chi connectivity index (χ4v) is 2.55. The number of aromatic nitrogens is 4. The van der Waals surface area contributed by atoms with Gasteiger partial charge in [-0.2, -0.15) is 4.52 Å². The summed E-state index contributed by atoms with van der Waals surface area (Å²) in [5, 5.41) is 15.8. The Labute approximate surface area is 124 Å². The number of nitrogens with one attached hydrogen (secondary N) is 1. The van der Waals surface area contributed by atoms with Crippen LogP contribution in [0.25, 0.3) is 16.3 Å². The van der Waals surface area contributed by atoms with Crippen LogP contribution in [-0.2, 0) is 4.79 Å². The molecule has 0 atom stereocenters. The number of fused-ring (bicyclic) bond motifs is 1. The summed E-state index contributed by atoms with van der Waals surface area (Å²) >= 11 is 1.29. The molecule has 0 saturated carbocycles. The summed E-state index contributed by atoms with van der Waals surface area (Å²) in [6, 6.07) is 7.48. The lowest BCUT2D eigenvalue weighted by atomic mass is 10.2. The van der Waals surface area contributed by atoms with Crippen LogP contribution in [-0.4, -0.2) is 32.8 Å². The highest BCUT2D eigenvalue weighted by atomic mass is 32.1. The van der Waals surface area contributed by atoms with Crippen LogP contribution in [0.2, 0.25) is 0 Å². The molecule has 3 aromatic rings. The molecule has 7 nitrogen and oxygen atoms in total. The standard InChI is InChI=1S/C13H13N5O2S/c1-3-10(19)14-12-17-18-11(15-16-13(18)21-12)8-4-6-9(20-2)7-5-8/h4-7H,3H2,1-2H3,(H,14,17,19). The van der Waals surface area contributed by atoms with Crippen molar-refractivity contribution in [2.24, 2.45) is 0 Å². The number of hydrogen-bond acceptors (Lipinski definition) is 6. The van der Waals surface area contributed by atoms with Crippen molar-refractivity contribution in [2.75, 3.05) is 12.4 Å². The Morgan fingerprint density at radius 1 is 1.33 bits per heavy atom. The Morgan fingerprint density at radius 3 is 2.76 bits per heavy atom. The number of methoxy groups -OCH3 is 1. The van der Waals surface area contributed by atoms with Crippen LogP contribution in [0.4, 0.5) is 5.13 Å². The van der Waals surface area contributed by atoms with E-state index in [9.17, 15) is 4.79 Å². The monoisotopic (exact) mass is 303 g/mol. The fourth-order valence-electron chi connectivity index (χ4n) is 1.80. The highest BCUT2D eigenvalue weighted by Crippen LogP contribution is 2.25. The predicted molar refractivity (Wildman–Crippen MR) is 79.6 cm³/mol. The lowest BCUT2D eigenvalue weighted by molar-refractivity contribution is -0.115. The largest absolute Gasteiger partial charge is 0.497 e. The SMILES string of the molecule is CCC(=O)Nc1nn2c(-c3ccc(OC)cc3)nnc2s1.